The van der Waals surface area contributed by atoms with Crippen molar-refractivity contribution in [1.82, 2.24) is 5.32 Å². The Hall–Kier alpha value is -1.55. The maximum Gasteiger partial charge on any atom is 0.307 e. The van der Waals surface area contributed by atoms with Crippen LogP contribution in [0, 0.1) is 0 Å². The average Bonchev–Trinajstić information content (AvgIpc) is 2.44. The Morgan fingerprint density at radius 2 is 2.00 bits per heavy atom. The third-order valence-electron chi connectivity index (χ3n) is 3.19. The molecule has 1 aromatic rings. The summed E-state index contributed by atoms with van der Waals surface area (Å²) in [5.41, 5.74) is 0.478. The highest BCUT2D eigenvalue weighted by atomic mass is 16.5. The molecule has 1 unspecified atom stereocenters. The van der Waals surface area contributed by atoms with Gasteiger partial charge in [-0.2, -0.15) is 0 Å². The summed E-state index contributed by atoms with van der Waals surface area (Å²) in [6.07, 6.45) is 1.26. The number of methoxy groups -OCH3 is 2. The highest BCUT2D eigenvalue weighted by Crippen LogP contribution is 2.32. The monoisotopic (exact) mass is 265 g/mol. The normalized spacial score (nSPS) is 13.7. The standard InChI is InChI=1S/C15H23NO3/c1-5-10-16-15(2,11-14(17)19-4)12-8-6-7-9-13(12)18-3/h6-9,16H,5,10-11H2,1-4H3. The van der Waals surface area contributed by atoms with Crippen molar-refractivity contribution in [2.75, 3.05) is 20.8 Å². The van der Waals surface area contributed by atoms with Gasteiger partial charge < -0.3 is 14.8 Å². The molecular formula is C15H23NO3. The van der Waals surface area contributed by atoms with Crippen molar-refractivity contribution in [1.29, 1.82) is 0 Å². The molecule has 1 aromatic carbocycles. The lowest BCUT2D eigenvalue weighted by molar-refractivity contribution is -0.142. The van der Waals surface area contributed by atoms with Gasteiger partial charge in [-0.3, -0.25) is 4.79 Å². The molecule has 0 bridgehead atoms. The molecule has 4 nitrogen and oxygen atoms in total. The molecule has 0 saturated heterocycles. The molecule has 0 aliphatic rings. The zero-order valence-corrected chi connectivity index (χ0v) is 12.2. The third kappa shape index (κ3) is 3.96. The molecule has 0 spiro atoms. The van der Waals surface area contributed by atoms with Crippen LogP contribution in [0.5, 0.6) is 5.75 Å². The third-order valence-corrected chi connectivity index (χ3v) is 3.19. The fraction of sp³-hybridized carbons (Fsp3) is 0.533. The molecule has 19 heavy (non-hydrogen) atoms. The van der Waals surface area contributed by atoms with Crippen LogP contribution in [-0.4, -0.2) is 26.7 Å². The predicted octanol–water partition coefficient (Wildman–Crippen LogP) is 2.47. The fourth-order valence-electron chi connectivity index (χ4n) is 2.12. The summed E-state index contributed by atoms with van der Waals surface area (Å²) >= 11 is 0. The minimum atomic E-state index is -0.490. The lowest BCUT2D eigenvalue weighted by Crippen LogP contribution is -2.42. The Morgan fingerprint density at radius 3 is 2.58 bits per heavy atom. The highest BCUT2D eigenvalue weighted by Gasteiger charge is 2.31. The first-order chi connectivity index (χ1) is 9.07. The molecule has 0 aliphatic carbocycles. The summed E-state index contributed by atoms with van der Waals surface area (Å²) in [6.45, 7) is 4.91. The quantitative estimate of drug-likeness (QED) is 0.769. The number of para-hydroxylation sites is 1. The van der Waals surface area contributed by atoms with E-state index in [1.54, 1.807) is 7.11 Å². The van der Waals surface area contributed by atoms with Gasteiger partial charge in [0.25, 0.3) is 0 Å². The van der Waals surface area contributed by atoms with Crippen LogP contribution in [0.15, 0.2) is 24.3 Å². The van der Waals surface area contributed by atoms with Gasteiger partial charge in [0, 0.05) is 5.56 Å². The van der Waals surface area contributed by atoms with Crippen LogP contribution in [-0.2, 0) is 15.1 Å². The van der Waals surface area contributed by atoms with E-state index in [0.29, 0.717) is 0 Å². The second kappa shape index (κ2) is 7.14. The van der Waals surface area contributed by atoms with E-state index in [9.17, 15) is 4.79 Å². The molecule has 1 atom stereocenters. The number of benzene rings is 1. The Morgan fingerprint density at radius 1 is 1.32 bits per heavy atom. The first kappa shape index (κ1) is 15.5. The number of ether oxygens (including phenoxy) is 2. The van der Waals surface area contributed by atoms with Crippen molar-refractivity contribution in [3.8, 4) is 5.75 Å². The molecule has 0 aromatic heterocycles. The first-order valence-corrected chi connectivity index (χ1v) is 6.52. The van der Waals surface area contributed by atoms with Crippen molar-refractivity contribution in [3.05, 3.63) is 29.8 Å². The molecular weight excluding hydrogens is 242 g/mol. The van der Waals surface area contributed by atoms with Gasteiger partial charge in [0.2, 0.25) is 0 Å². The summed E-state index contributed by atoms with van der Waals surface area (Å²) in [6, 6.07) is 7.74. The smallest absolute Gasteiger partial charge is 0.307 e. The lowest BCUT2D eigenvalue weighted by Gasteiger charge is -2.31. The van der Waals surface area contributed by atoms with Gasteiger partial charge in [-0.05, 0) is 26.0 Å². The number of carbonyl (C=O) groups is 1. The molecule has 106 valence electrons. The highest BCUT2D eigenvalue weighted by molar-refractivity contribution is 5.71. The van der Waals surface area contributed by atoms with Crippen LogP contribution in [0.2, 0.25) is 0 Å². The van der Waals surface area contributed by atoms with Gasteiger partial charge in [0.05, 0.1) is 26.2 Å². The minimum Gasteiger partial charge on any atom is -0.496 e. The van der Waals surface area contributed by atoms with E-state index < -0.39 is 5.54 Å². The number of nitrogens with one attached hydrogen (secondary N) is 1. The molecule has 0 heterocycles. The van der Waals surface area contributed by atoms with Crippen LogP contribution in [0.25, 0.3) is 0 Å². The van der Waals surface area contributed by atoms with Crippen molar-refractivity contribution in [2.45, 2.75) is 32.2 Å². The number of esters is 1. The molecule has 0 radical (unpaired) electrons. The topological polar surface area (TPSA) is 47.6 Å². The maximum atomic E-state index is 11.7. The van der Waals surface area contributed by atoms with Gasteiger partial charge in [-0.25, -0.2) is 0 Å². The second-order valence-electron chi connectivity index (χ2n) is 4.71. The first-order valence-electron chi connectivity index (χ1n) is 6.52. The van der Waals surface area contributed by atoms with Gasteiger partial charge in [-0.15, -0.1) is 0 Å². The van der Waals surface area contributed by atoms with E-state index in [4.69, 9.17) is 9.47 Å². The zero-order valence-electron chi connectivity index (χ0n) is 12.2. The molecule has 1 rings (SSSR count). The summed E-state index contributed by atoms with van der Waals surface area (Å²) < 4.78 is 10.2. The van der Waals surface area contributed by atoms with Crippen molar-refractivity contribution < 1.29 is 14.3 Å². The van der Waals surface area contributed by atoms with E-state index in [0.717, 1.165) is 24.3 Å². The Labute approximate surface area is 115 Å². The number of hydrogen-bond acceptors (Lipinski definition) is 4. The molecule has 0 saturated carbocycles. The SMILES string of the molecule is CCCNC(C)(CC(=O)OC)c1ccccc1OC. The van der Waals surface area contributed by atoms with E-state index in [1.165, 1.54) is 7.11 Å². The molecule has 1 N–H and O–H groups in total. The Bertz CT molecular complexity index is 420. The van der Waals surface area contributed by atoms with Crippen molar-refractivity contribution >= 4 is 5.97 Å². The lowest BCUT2D eigenvalue weighted by atomic mass is 9.87. The number of hydrogen-bond donors (Lipinski definition) is 1. The van der Waals surface area contributed by atoms with Gasteiger partial charge in [-0.1, -0.05) is 25.1 Å². The summed E-state index contributed by atoms with van der Waals surface area (Å²) in [4.78, 5) is 11.7. The maximum absolute atomic E-state index is 11.7. The van der Waals surface area contributed by atoms with Crippen molar-refractivity contribution in [2.24, 2.45) is 0 Å². The van der Waals surface area contributed by atoms with Gasteiger partial charge >= 0.3 is 5.97 Å². The Balaban J connectivity index is 3.10. The van der Waals surface area contributed by atoms with Crippen LogP contribution >= 0.6 is 0 Å². The van der Waals surface area contributed by atoms with Crippen LogP contribution in [0.1, 0.15) is 32.3 Å². The van der Waals surface area contributed by atoms with Crippen LogP contribution in [0.4, 0.5) is 0 Å². The largest absolute Gasteiger partial charge is 0.496 e. The average molecular weight is 265 g/mol. The van der Waals surface area contributed by atoms with E-state index >= 15 is 0 Å². The summed E-state index contributed by atoms with van der Waals surface area (Å²) in [5, 5.41) is 3.42. The van der Waals surface area contributed by atoms with Crippen molar-refractivity contribution in [3.63, 3.8) is 0 Å². The fourth-order valence-corrected chi connectivity index (χ4v) is 2.12. The summed E-state index contributed by atoms with van der Waals surface area (Å²) in [7, 11) is 3.04. The predicted molar refractivity (Wildman–Crippen MR) is 75.3 cm³/mol. The number of carbonyl (C=O) groups excluding carboxylic acids is 1. The second-order valence-corrected chi connectivity index (χ2v) is 4.71. The van der Waals surface area contributed by atoms with E-state index in [1.807, 2.05) is 31.2 Å². The van der Waals surface area contributed by atoms with Crippen LogP contribution < -0.4 is 10.1 Å². The summed E-state index contributed by atoms with van der Waals surface area (Å²) in [5.74, 6) is 0.537. The zero-order chi connectivity index (χ0) is 14.3. The van der Waals surface area contributed by atoms with Gasteiger partial charge in [0.1, 0.15) is 5.75 Å². The number of rotatable bonds is 7. The van der Waals surface area contributed by atoms with E-state index in [-0.39, 0.29) is 12.4 Å². The molecule has 0 aliphatic heterocycles. The Kier molecular flexibility index (Phi) is 5.83. The molecule has 0 amide bonds. The molecule has 4 heteroatoms. The van der Waals surface area contributed by atoms with Crippen LogP contribution in [0.3, 0.4) is 0 Å². The van der Waals surface area contributed by atoms with E-state index in [2.05, 4.69) is 12.2 Å². The molecule has 0 fully saturated rings. The van der Waals surface area contributed by atoms with Gasteiger partial charge in [0.15, 0.2) is 0 Å². The minimum absolute atomic E-state index is 0.239.